The predicted molar refractivity (Wildman–Crippen MR) is 60.7 cm³/mol. The Morgan fingerprint density at radius 2 is 1.94 bits per heavy atom. The second-order valence-corrected chi connectivity index (χ2v) is 5.02. The van der Waals surface area contributed by atoms with E-state index < -0.39 is 0 Å². The van der Waals surface area contributed by atoms with Crippen molar-refractivity contribution in [2.45, 2.75) is 50.4 Å². The average molecular weight is 221 g/mol. The summed E-state index contributed by atoms with van der Waals surface area (Å²) in [5.74, 6) is 0. The summed E-state index contributed by atoms with van der Waals surface area (Å²) in [7, 11) is 0. The van der Waals surface area contributed by atoms with Crippen LogP contribution in [0.2, 0.25) is 0 Å². The molecule has 2 atom stereocenters. The summed E-state index contributed by atoms with van der Waals surface area (Å²) >= 11 is 0. The zero-order valence-electron chi connectivity index (χ0n) is 9.50. The molecule has 0 saturated carbocycles. The average Bonchev–Trinajstić information content (AvgIpc) is 2.83. The molecule has 3 heterocycles. The molecule has 16 heavy (non-hydrogen) atoms. The molecule has 5 heteroatoms. The van der Waals surface area contributed by atoms with Gasteiger partial charge in [0.1, 0.15) is 0 Å². The van der Waals surface area contributed by atoms with Crippen LogP contribution in [0.4, 0.5) is 0 Å². The zero-order chi connectivity index (χ0) is 11.0. The van der Waals surface area contributed by atoms with Crippen LogP contribution < -0.4 is 5.73 Å². The number of nitrogens with two attached hydrogens (primary N) is 1. The van der Waals surface area contributed by atoms with Gasteiger partial charge in [-0.1, -0.05) is 5.21 Å². The highest BCUT2D eigenvalue weighted by atomic mass is 15.4. The molecular weight excluding hydrogens is 202 g/mol. The van der Waals surface area contributed by atoms with E-state index in [9.17, 15) is 0 Å². The lowest BCUT2D eigenvalue weighted by molar-refractivity contribution is 0.121. The molecule has 0 amide bonds. The van der Waals surface area contributed by atoms with Gasteiger partial charge in [0.2, 0.25) is 0 Å². The molecule has 5 nitrogen and oxygen atoms in total. The van der Waals surface area contributed by atoms with Crippen LogP contribution in [0.5, 0.6) is 0 Å². The lowest BCUT2D eigenvalue weighted by Crippen LogP contribution is -2.48. The Bertz CT molecular complexity index is 322. The van der Waals surface area contributed by atoms with Crippen LogP contribution in [-0.4, -0.2) is 44.6 Å². The maximum absolute atomic E-state index is 6.05. The SMILES string of the molecule is NC1CC2CCC(C1)N2CCn1ccnn1. The van der Waals surface area contributed by atoms with Gasteiger partial charge in [-0.05, 0) is 25.7 Å². The summed E-state index contributed by atoms with van der Waals surface area (Å²) in [5, 5.41) is 7.83. The number of fused-ring (bicyclic) bond motifs is 2. The molecule has 0 radical (unpaired) electrons. The molecule has 2 saturated heterocycles. The van der Waals surface area contributed by atoms with Crippen LogP contribution in [0.15, 0.2) is 12.4 Å². The first-order valence-electron chi connectivity index (χ1n) is 6.18. The molecule has 2 aliphatic heterocycles. The zero-order valence-corrected chi connectivity index (χ0v) is 9.50. The summed E-state index contributed by atoms with van der Waals surface area (Å²) in [6, 6.07) is 1.87. The van der Waals surface area contributed by atoms with Crippen molar-refractivity contribution in [3.63, 3.8) is 0 Å². The molecule has 88 valence electrons. The maximum Gasteiger partial charge on any atom is 0.0692 e. The van der Waals surface area contributed by atoms with Gasteiger partial charge >= 0.3 is 0 Å². The third kappa shape index (κ3) is 1.85. The summed E-state index contributed by atoms with van der Waals surface area (Å²) < 4.78 is 1.91. The second-order valence-electron chi connectivity index (χ2n) is 5.02. The Balaban J connectivity index is 1.59. The molecule has 2 unspecified atom stereocenters. The third-order valence-electron chi connectivity index (χ3n) is 3.98. The van der Waals surface area contributed by atoms with E-state index in [4.69, 9.17) is 5.73 Å². The Kier molecular flexibility index (Phi) is 2.65. The van der Waals surface area contributed by atoms with Crippen LogP contribution in [0.1, 0.15) is 25.7 Å². The highest BCUT2D eigenvalue weighted by Crippen LogP contribution is 2.34. The van der Waals surface area contributed by atoms with Gasteiger partial charge in [-0.15, -0.1) is 5.10 Å². The van der Waals surface area contributed by atoms with Crippen LogP contribution in [0.25, 0.3) is 0 Å². The molecule has 1 aromatic heterocycles. The van der Waals surface area contributed by atoms with Crippen LogP contribution in [0, 0.1) is 0 Å². The number of hydrogen-bond donors (Lipinski definition) is 1. The van der Waals surface area contributed by atoms with Gasteiger partial charge in [-0.3, -0.25) is 9.58 Å². The minimum atomic E-state index is 0.431. The van der Waals surface area contributed by atoms with Gasteiger partial charge in [0.15, 0.2) is 0 Å². The fourth-order valence-corrected chi connectivity index (χ4v) is 3.25. The van der Waals surface area contributed by atoms with Crippen molar-refractivity contribution in [2.75, 3.05) is 6.54 Å². The topological polar surface area (TPSA) is 60.0 Å². The first-order valence-corrected chi connectivity index (χ1v) is 6.18. The number of piperidine rings is 1. The van der Waals surface area contributed by atoms with E-state index in [0.29, 0.717) is 6.04 Å². The molecule has 2 aliphatic rings. The number of aromatic nitrogens is 3. The van der Waals surface area contributed by atoms with Gasteiger partial charge < -0.3 is 5.73 Å². The monoisotopic (exact) mass is 221 g/mol. The van der Waals surface area contributed by atoms with Crippen LogP contribution >= 0.6 is 0 Å². The lowest BCUT2D eigenvalue weighted by Gasteiger charge is -2.37. The fraction of sp³-hybridized carbons (Fsp3) is 0.818. The fourth-order valence-electron chi connectivity index (χ4n) is 3.25. The number of nitrogens with zero attached hydrogens (tertiary/aromatic N) is 4. The molecule has 0 spiro atoms. The Morgan fingerprint density at radius 3 is 2.56 bits per heavy atom. The van der Waals surface area contributed by atoms with Gasteiger partial charge in [-0.25, -0.2) is 0 Å². The highest BCUT2D eigenvalue weighted by Gasteiger charge is 2.38. The van der Waals surface area contributed by atoms with Crippen molar-refractivity contribution >= 4 is 0 Å². The summed E-state index contributed by atoms with van der Waals surface area (Å²) in [4.78, 5) is 2.63. The standard InChI is InChI=1S/C11H19N5/c12-9-7-10-1-2-11(8-9)16(10)6-5-15-4-3-13-14-15/h3-4,9-11H,1-2,5-8,12H2. The second kappa shape index (κ2) is 4.14. The largest absolute Gasteiger partial charge is 0.328 e. The molecule has 0 aliphatic carbocycles. The Morgan fingerprint density at radius 1 is 1.19 bits per heavy atom. The molecule has 1 aromatic rings. The smallest absolute Gasteiger partial charge is 0.0692 e. The maximum atomic E-state index is 6.05. The van der Waals surface area contributed by atoms with E-state index in [0.717, 1.165) is 25.2 Å². The molecule has 2 N–H and O–H groups in total. The molecule has 2 bridgehead atoms. The van der Waals surface area contributed by atoms with Crippen molar-refractivity contribution in [3.05, 3.63) is 12.4 Å². The first kappa shape index (κ1) is 10.2. The quantitative estimate of drug-likeness (QED) is 0.794. The van der Waals surface area contributed by atoms with Crippen LogP contribution in [-0.2, 0) is 6.54 Å². The Hall–Kier alpha value is -0.940. The van der Waals surface area contributed by atoms with Gasteiger partial charge in [0.05, 0.1) is 12.7 Å². The summed E-state index contributed by atoms with van der Waals surface area (Å²) in [6.45, 7) is 2.04. The molecule has 2 fully saturated rings. The molecule has 3 rings (SSSR count). The van der Waals surface area contributed by atoms with Crippen molar-refractivity contribution in [3.8, 4) is 0 Å². The molecule has 0 aromatic carbocycles. The van der Waals surface area contributed by atoms with E-state index in [1.165, 1.54) is 25.7 Å². The predicted octanol–water partition coefficient (Wildman–Crippen LogP) is 0.232. The minimum absolute atomic E-state index is 0.431. The van der Waals surface area contributed by atoms with E-state index in [1.807, 2.05) is 10.9 Å². The van der Waals surface area contributed by atoms with Crippen molar-refractivity contribution in [1.82, 2.24) is 19.9 Å². The molecular formula is C11H19N5. The van der Waals surface area contributed by atoms with E-state index in [2.05, 4.69) is 15.2 Å². The van der Waals surface area contributed by atoms with Crippen LogP contribution in [0.3, 0.4) is 0 Å². The Labute approximate surface area is 95.6 Å². The van der Waals surface area contributed by atoms with Gasteiger partial charge in [0, 0.05) is 30.9 Å². The minimum Gasteiger partial charge on any atom is -0.328 e. The normalized spacial score (nSPS) is 34.4. The van der Waals surface area contributed by atoms with Crippen molar-refractivity contribution in [2.24, 2.45) is 5.73 Å². The van der Waals surface area contributed by atoms with Crippen molar-refractivity contribution in [1.29, 1.82) is 0 Å². The lowest BCUT2D eigenvalue weighted by atomic mass is 9.98. The van der Waals surface area contributed by atoms with E-state index >= 15 is 0 Å². The number of hydrogen-bond acceptors (Lipinski definition) is 4. The van der Waals surface area contributed by atoms with Gasteiger partial charge in [-0.2, -0.15) is 0 Å². The van der Waals surface area contributed by atoms with E-state index in [1.54, 1.807) is 6.20 Å². The van der Waals surface area contributed by atoms with E-state index in [-0.39, 0.29) is 0 Å². The van der Waals surface area contributed by atoms with Gasteiger partial charge in [0.25, 0.3) is 0 Å². The first-order chi connectivity index (χ1) is 7.83. The van der Waals surface area contributed by atoms with Crippen molar-refractivity contribution < 1.29 is 0 Å². The highest BCUT2D eigenvalue weighted by molar-refractivity contribution is 4.96. The number of rotatable bonds is 3. The summed E-state index contributed by atoms with van der Waals surface area (Å²) in [6.07, 6.45) is 8.67. The third-order valence-corrected chi connectivity index (χ3v) is 3.98. The summed E-state index contributed by atoms with van der Waals surface area (Å²) in [5.41, 5.74) is 6.05.